The van der Waals surface area contributed by atoms with Crippen LogP contribution in [0.2, 0.25) is 0 Å². The molecule has 0 spiro atoms. The van der Waals surface area contributed by atoms with Gasteiger partial charge in [-0.3, -0.25) is 0 Å². The third kappa shape index (κ3) is 5.04. The van der Waals surface area contributed by atoms with Crippen molar-refractivity contribution in [2.45, 2.75) is 31.4 Å². The van der Waals surface area contributed by atoms with Crippen LogP contribution in [0, 0.1) is 0 Å². The fourth-order valence-corrected chi connectivity index (χ4v) is 5.25. The summed E-state index contributed by atoms with van der Waals surface area (Å²) in [6, 6.07) is 26.2. The van der Waals surface area contributed by atoms with Gasteiger partial charge in [-0.05, 0) is 36.0 Å². The third-order valence-corrected chi connectivity index (χ3v) is 7.12. The van der Waals surface area contributed by atoms with Crippen LogP contribution in [-0.2, 0) is 18.6 Å². The summed E-state index contributed by atoms with van der Waals surface area (Å²) in [6.45, 7) is 0.597. The highest BCUT2D eigenvalue weighted by molar-refractivity contribution is 5.65. The maximum atomic E-state index is 12.7. The van der Waals surface area contributed by atoms with Gasteiger partial charge in [-0.25, -0.2) is 15.0 Å². The second-order valence-electron chi connectivity index (χ2n) is 9.56. The number of oxazole rings is 2. The van der Waals surface area contributed by atoms with E-state index in [0.29, 0.717) is 18.7 Å². The summed E-state index contributed by atoms with van der Waals surface area (Å²) >= 11 is 0. The molecule has 1 unspecified atom stereocenters. The van der Waals surface area contributed by atoms with Crippen LogP contribution < -0.4 is 0 Å². The van der Waals surface area contributed by atoms with Crippen molar-refractivity contribution in [2.24, 2.45) is 0 Å². The summed E-state index contributed by atoms with van der Waals surface area (Å²) < 4.78 is 12.5. The molecule has 0 aliphatic heterocycles. The van der Waals surface area contributed by atoms with Gasteiger partial charge in [0.2, 0.25) is 0 Å². The quantitative estimate of drug-likeness (QED) is 0.224. The van der Waals surface area contributed by atoms with Crippen LogP contribution in [-0.4, -0.2) is 24.6 Å². The van der Waals surface area contributed by atoms with Crippen molar-refractivity contribution in [1.29, 1.82) is 0 Å². The molecule has 0 amide bonds. The van der Waals surface area contributed by atoms with E-state index in [0.717, 1.165) is 52.0 Å². The van der Waals surface area contributed by atoms with Crippen molar-refractivity contribution >= 4 is 0 Å². The minimum atomic E-state index is -1.33. The van der Waals surface area contributed by atoms with Crippen molar-refractivity contribution in [1.82, 2.24) is 19.5 Å². The molecule has 7 heteroatoms. The average molecular weight is 517 g/mol. The molecule has 1 atom stereocenters. The van der Waals surface area contributed by atoms with Crippen molar-refractivity contribution in [2.75, 3.05) is 0 Å². The highest BCUT2D eigenvalue weighted by Gasteiger charge is 2.37. The van der Waals surface area contributed by atoms with Crippen molar-refractivity contribution in [3.05, 3.63) is 139 Å². The average Bonchev–Trinajstić information content (AvgIpc) is 3.78. The molecule has 0 fully saturated rings. The lowest BCUT2D eigenvalue weighted by Gasteiger charge is -2.31. The first-order valence-corrected chi connectivity index (χ1v) is 12.9. The fourth-order valence-electron chi connectivity index (χ4n) is 5.25. The molecule has 1 N–H and O–H groups in total. The van der Waals surface area contributed by atoms with E-state index in [4.69, 9.17) is 8.83 Å². The van der Waals surface area contributed by atoms with E-state index in [2.05, 4.69) is 33.2 Å². The fraction of sp³-hybridized carbons (Fsp3) is 0.156. The van der Waals surface area contributed by atoms with Crippen LogP contribution in [0.15, 0.2) is 126 Å². The van der Waals surface area contributed by atoms with E-state index < -0.39 is 5.60 Å². The van der Waals surface area contributed by atoms with E-state index in [9.17, 15) is 5.11 Å². The van der Waals surface area contributed by atoms with Gasteiger partial charge in [-0.2, -0.15) is 0 Å². The molecule has 3 heterocycles. The zero-order chi connectivity index (χ0) is 26.5. The van der Waals surface area contributed by atoms with Gasteiger partial charge in [0.05, 0.1) is 18.2 Å². The molecule has 3 aromatic carbocycles. The van der Waals surface area contributed by atoms with Gasteiger partial charge in [0, 0.05) is 17.7 Å². The zero-order valence-corrected chi connectivity index (χ0v) is 21.4. The van der Waals surface area contributed by atoms with E-state index in [1.807, 2.05) is 65.2 Å². The van der Waals surface area contributed by atoms with Gasteiger partial charge in [0.15, 0.2) is 12.8 Å². The Kier molecular flexibility index (Phi) is 6.89. The number of rotatable bonds is 10. The second-order valence-corrected chi connectivity index (χ2v) is 9.56. The predicted octanol–water partition coefficient (Wildman–Crippen LogP) is 6.50. The lowest BCUT2D eigenvalue weighted by molar-refractivity contribution is 0.0613. The van der Waals surface area contributed by atoms with Crippen molar-refractivity contribution < 1.29 is 13.9 Å². The second kappa shape index (κ2) is 10.9. The smallest absolute Gasteiger partial charge is 0.181 e. The Bertz CT molecular complexity index is 1630. The third-order valence-electron chi connectivity index (χ3n) is 7.12. The molecule has 6 aromatic rings. The van der Waals surface area contributed by atoms with E-state index >= 15 is 0 Å². The molecule has 39 heavy (non-hydrogen) atoms. The topological polar surface area (TPSA) is 90.1 Å². The highest BCUT2D eigenvalue weighted by atomic mass is 16.3. The molecule has 0 aliphatic carbocycles. The summed E-state index contributed by atoms with van der Waals surface area (Å²) in [5, 5.41) is 12.7. The van der Waals surface area contributed by atoms with Crippen LogP contribution in [0.25, 0.3) is 22.5 Å². The molecule has 0 aliphatic rings. The van der Waals surface area contributed by atoms with Crippen LogP contribution in [0.5, 0.6) is 0 Å². The largest absolute Gasteiger partial charge is 0.451 e. The number of benzene rings is 3. The van der Waals surface area contributed by atoms with Gasteiger partial charge in [0.1, 0.15) is 29.5 Å². The normalized spacial score (nSPS) is 12.8. The Hall–Kier alpha value is -4.75. The van der Waals surface area contributed by atoms with E-state index in [1.165, 1.54) is 12.8 Å². The summed E-state index contributed by atoms with van der Waals surface area (Å²) in [5.41, 5.74) is 5.78. The Balaban J connectivity index is 1.37. The van der Waals surface area contributed by atoms with Crippen LogP contribution in [0.4, 0.5) is 0 Å². The molecule has 6 rings (SSSR count). The van der Waals surface area contributed by atoms with Gasteiger partial charge in [-0.15, -0.1) is 0 Å². The minimum Gasteiger partial charge on any atom is -0.451 e. The number of hydrogen-bond donors (Lipinski definition) is 1. The molecule has 194 valence electrons. The number of nitrogens with zero attached hydrogens (tertiary/aromatic N) is 4. The highest BCUT2D eigenvalue weighted by Crippen LogP contribution is 2.40. The van der Waals surface area contributed by atoms with Crippen LogP contribution in [0.3, 0.4) is 0 Å². The predicted molar refractivity (Wildman–Crippen MR) is 148 cm³/mol. The maximum absolute atomic E-state index is 12.7. The van der Waals surface area contributed by atoms with Gasteiger partial charge in [0.25, 0.3) is 0 Å². The zero-order valence-electron chi connectivity index (χ0n) is 21.4. The SMILES string of the molecule is OC(CCCc1ccccc1-c1cocn1)(c1ccccc1-c1cocn1)c1cncn1Cc1ccccc1. The van der Waals surface area contributed by atoms with Crippen molar-refractivity contribution in [3.63, 3.8) is 0 Å². The summed E-state index contributed by atoms with van der Waals surface area (Å²) in [5.74, 6) is 0. The first-order valence-electron chi connectivity index (χ1n) is 12.9. The summed E-state index contributed by atoms with van der Waals surface area (Å²) in [4.78, 5) is 13.2. The maximum Gasteiger partial charge on any atom is 0.181 e. The number of imidazole rings is 1. The summed E-state index contributed by atoms with van der Waals surface area (Å²) in [7, 11) is 0. The Morgan fingerprint density at radius 3 is 2.18 bits per heavy atom. The first kappa shape index (κ1) is 24.6. The molecule has 0 saturated carbocycles. The first-order chi connectivity index (χ1) is 19.2. The number of aliphatic hydroxyl groups is 1. The summed E-state index contributed by atoms with van der Waals surface area (Å²) in [6.07, 6.45) is 11.6. The van der Waals surface area contributed by atoms with Gasteiger partial charge < -0.3 is 18.5 Å². The lowest BCUT2D eigenvalue weighted by Crippen LogP contribution is -2.31. The minimum absolute atomic E-state index is 0.468. The monoisotopic (exact) mass is 516 g/mol. The van der Waals surface area contributed by atoms with Gasteiger partial charge in [-0.1, -0.05) is 78.9 Å². The Morgan fingerprint density at radius 2 is 1.44 bits per heavy atom. The van der Waals surface area contributed by atoms with Crippen molar-refractivity contribution in [3.8, 4) is 22.5 Å². The van der Waals surface area contributed by atoms with Gasteiger partial charge >= 0.3 is 0 Å². The molecular formula is C32H28N4O3. The lowest BCUT2D eigenvalue weighted by atomic mass is 9.81. The van der Waals surface area contributed by atoms with E-state index in [1.54, 1.807) is 25.1 Å². The number of aryl methyl sites for hydroxylation is 1. The molecule has 0 saturated heterocycles. The number of hydrogen-bond acceptors (Lipinski definition) is 6. The molecule has 0 radical (unpaired) electrons. The van der Waals surface area contributed by atoms with Crippen LogP contribution in [0.1, 0.15) is 35.2 Å². The van der Waals surface area contributed by atoms with E-state index in [-0.39, 0.29) is 0 Å². The molecule has 0 bridgehead atoms. The Labute approximate surface area is 226 Å². The number of aromatic nitrogens is 4. The molecule has 3 aromatic heterocycles. The standard InChI is InChI=1S/C32H28N4O3/c37-32(28-15-7-6-14-27(28)30-20-39-23-35-30,31-17-33-21-36(31)18-24-9-2-1-3-10-24)16-8-12-25-11-4-5-13-26(25)29-19-38-22-34-29/h1-7,9-11,13-15,17,19-23,37H,8,12,16,18H2. The Morgan fingerprint density at radius 1 is 0.769 bits per heavy atom. The van der Waals surface area contributed by atoms with Crippen LogP contribution >= 0.6 is 0 Å². The molecular weight excluding hydrogens is 488 g/mol. The molecule has 7 nitrogen and oxygen atoms in total.